The van der Waals surface area contributed by atoms with Gasteiger partial charge in [-0.15, -0.1) is 0 Å². The Labute approximate surface area is 380 Å². The topological polar surface area (TPSA) is 164 Å². The smallest absolute Gasteiger partial charge is 0.259 e. The fourth-order valence-electron chi connectivity index (χ4n) is 8.72. The van der Waals surface area contributed by atoms with E-state index in [1.165, 1.54) is 6.33 Å². The number of nitrogens with zero attached hydrogens (tertiary/aromatic N) is 6. The molecule has 4 heterocycles. The number of amides is 1. The molecule has 5 atom stereocenters. The summed E-state index contributed by atoms with van der Waals surface area (Å²) in [5, 5.41) is 12.5. The highest BCUT2D eigenvalue weighted by Crippen LogP contribution is 2.56. The van der Waals surface area contributed by atoms with Crippen LogP contribution in [0.3, 0.4) is 0 Å². The van der Waals surface area contributed by atoms with Crippen molar-refractivity contribution in [1.29, 1.82) is 5.26 Å². The van der Waals surface area contributed by atoms with Crippen molar-refractivity contribution in [3.8, 4) is 17.6 Å². The Morgan fingerprint density at radius 2 is 1.51 bits per heavy atom. The number of nitriles is 1. The number of imidazole rings is 1. The number of rotatable bonds is 19. The van der Waals surface area contributed by atoms with Gasteiger partial charge in [-0.2, -0.15) is 5.26 Å². The van der Waals surface area contributed by atoms with Gasteiger partial charge in [-0.25, -0.2) is 19.6 Å². The monoisotopic (exact) mass is 899 g/mol. The fourth-order valence-corrected chi connectivity index (χ4v) is 10.5. The van der Waals surface area contributed by atoms with Crippen LogP contribution in [-0.2, 0) is 28.9 Å². The molecular weight excluding hydrogens is 846 g/mol. The van der Waals surface area contributed by atoms with Gasteiger partial charge < -0.3 is 38.0 Å². The number of aromatic nitrogens is 4. The molecule has 65 heavy (non-hydrogen) atoms. The Kier molecular flexibility index (Phi) is 14.2. The molecule has 1 amide bonds. The predicted octanol–water partition coefficient (Wildman–Crippen LogP) is 8.82. The largest absolute Gasteiger partial charge is 0.497 e. The summed E-state index contributed by atoms with van der Waals surface area (Å²) in [4.78, 5) is 27.1. The first-order valence-corrected chi connectivity index (χ1v) is 22.8. The zero-order valence-electron chi connectivity index (χ0n) is 37.4. The standard InChI is InChI=1S/C49H54N7O8P/c1-33(2)56(34(3)4)65(62-28-13-27-50)64-43-42-47(55-32-53-41-44(51-31-52-45(41)55)54-46(57)35-14-9-7-10-15-35)63-48(43,26-29-60-42)30-61-49(36-16-11-8-12-17-36,37-18-22-39(58-5)23-19-37)38-20-24-40(59-6)25-21-38/h7-12,14-25,31-34,42-43,47H,13,26,28-30H2,1-6H3,(H,51,52,54,57)/t42-,43+,47-,48-,65?/m1/s1. The molecule has 338 valence electrons. The summed E-state index contributed by atoms with van der Waals surface area (Å²) >= 11 is 0. The van der Waals surface area contributed by atoms with Crippen LogP contribution < -0.4 is 14.8 Å². The fraction of sp³-hybridized carbons (Fsp3) is 0.367. The van der Waals surface area contributed by atoms with Gasteiger partial charge in [0.05, 0.1) is 52.9 Å². The third-order valence-corrected chi connectivity index (χ3v) is 13.9. The molecular formula is C49H54N7O8P. The van der Waals surface area contributed by atoms with Gasteiger partial charge in [-0.05, 0) is 80.8 Å². The van der Waals surface area contributed by atoms with Crippen LogP contribution in [0.5, 0.6) is 11.5 Å². The van der Waals surface area contributed by atoms with E-state index in [-0.39, 0.29) is 43.4 Å². The normalized spacial score (nSPS) is 20.0. The molecule has 16 heteroatoms. The first kappa shape index (κ1) is 45.7. The Hall–Kier alpha value is -5.82. The highest BCUT2D eigenvalue weighted by atomic mass is 31.2. The second-order valence-corrected chi connectivity index (χ2v) is 17.8. The van der Waals surface area contributed by atoms with Gasteiger partial charge in [0.15, 0.2) is 23.2 Å². The van der Waals surface area contributed by atoms with Crippen LogP contribution in [0.15, 0.2) is 122 Å². The molecule has 0 radical (unpaired) electrons. The van der Waals surface area contributed by atoms with E-state index >= 15 is 0 Å². The lowest BCUT2D eigenvalue weighted by Gasteiger charge is -2.45. The van der Waals surface area contributed by atoms with Crippen LogP contribution in [0, 0.1) is 11.3 Å². The molecule has 15 nitrogen and oxygen atoms in total. The maximum absolute atomic E-state index is 13.3. The van der Waals surface area contributed by atoms with Gasteiger partial charge in [0, 0.05) is 24.1 Å². The van der Waals surface area contributed by atoms with Crippen LogP contribution in [0.4, 0.5) is 5.82 Å². The quantitative estimate of drug-likeness (QED) is 0.0466. The van der Waals surface area contributed by atoms with Crippen molar-refractivity contribution in [2.75, 3.05) is 39.4 Å². The number of ether oxygens (including phenoxy) is 5. The molecule has 2 fully saturated rings. The van der Waals surface area contributed by atoms with Gasteiger partial charge in [-0.1, -0.05) is 72.8 Å². The van der Waals surface area contributed by atoms with Crippen molar-refractivity contribution in [3.05, 3.63) is 144 Å². The number of carbonyl (C=O) groups excluding carboxylic acids is 1. The second kappa shape index (κ2) is 20.1. The number of methoxy groups -OCH3 is 2. The van der Waals surface area contributed by atoms with E-state index in [9.17, 15) is 10.1 Å². The predicted molar refractivity (Wildman–Crippen MR) is 245 cm³/mol. The van der Waals surface area contributed by atoms with E-state index in [1.54, 1.807) is 44.8 Å². The molecule has 4 aromatic carbocycles. The molecule has 6 aromatic rings. The average Bonchev–Trinajstić information content (AvgIpc) is 3.83. The van der Waals surface area contributed by atoms with Crippen molar-refractivity contribution in [2.24, 2.45) is 0 Å². The molecule has 1 unspecified atom stereocenters. The van der Waals surface area contributed by atoms with Gasteiger partial charge in [0.1, 0.15) is 41.2 Å². The first-order valence-electron chi connectivity index (χ1n) is 21.7. The molecule has 2 aliphatic heterocycles. The van der Waals surface area contributed by atoms with Crippen molar-refractivity contribution in [3.63, 3.8) is 0 Å². The second-order valence-electron chi connectivity index (χ2n) is 16.4. The van der Waals surface area contributed by atoms with Crippen LogP contribution in [0.1, 0.15) is 73.8 Å². The SMILES string of the molecule is COc1ccc(C(OC[C@@]23CCO[C@@H]([C@H](n4cnc5c(NC(=O)c6ccccc6)ncnc54)O2)[C@@H]3OP(OCCC#N)N(C(C)C)C(C)C)(c2ccccc2)c2ccc(OC)cc2)cc1. The molecule has 2 aromatic heterocycles. The molecule has 2 bridgehead atoms. The Morgan fingerprint density at radius 3 is 2.11 bits per heavy atom. The van der Waals surface area contributed by atoms with E-state index < -0.39 is 38.2 Å². The number of nitrogens with one attached hydrogen (secondary N) is 1. The summed E-state index contributed by atoms with van der Waals surface area (Å²) in [6, 6.07) is 37.0. The number of hydrogen-bond donors (Lipinski definition) is 1. The van der Waals surface area contributed by atoms with Crippen LogP contribution in [0.2, 0.25) is 0 Å². The molecule has 8 rings (SSSR count). The third kappa shape index (κ3) is 9.21. The van der Waals surface area contributed by atoms with E-state index in [0.29, 0.717) is 41.3 Å². The van der Waals surface area contributed by atoms with Gasteiger partial charge in [-0.3, -0.25) is 9.36 Å². The summed E-state index contributed by atoms with van der Waals surface area (Å²) in [6.45, 7) is 8.93. The molecule has 0 spiro atoms. The number of hydrogen-bond acceptors (Lipinski definition) is 13. The van der Waals surface area contributed by atoms with Gasteiger partial charge in [0.25, 0.3) is 14.4 Å². The number of fused-ring (bicyclic) bond motifs is 3. The number of benzene rings is 4. The molecule has 0 saturated carbocycles. The first-order chi connectivity index (χ1) is 31.6. The molecule has 2 saturated heterocycles. The summed E-state index contributed by atoms with van der Waals surface area (Å²) in [5.41, 5.74) is 1.56. The van der Waals surface area contributed by atoms with E-state index in [1.807, 2.05) is 77.4 Å². The van der Waals surface area contributed by atoms with E-state index in [0.717, 1.165) is 16.7 Å². The van der Waals surface area contributed by atoms with Crippen LogP contribution >= 0.6 is 8.53 Å². The minimum atomic E-state index is -1.77. The van der Waals surface area contributed by atoms with Crippen molar-refractivity contribution < 1.29 is 37.5 Å². The summed E-state index contributed by atoms with van der Waals surface area (Å²) in [6.07, 6.45) is 1.32. The summed E-state index contributed by atoms with van der Waals surface area (Å²) in [5.74, 6) is 1.33. The van der Waals surface area contributed by atoms with E-state index in [4.69, 9.17) is 37.7 Å². The van der Waals surface area contributed by atoms with Crippen molar-refractivity contribution in [2.45, 2.75) is 82.3 Å². The zero-order valence-corrected chi connectivity index (χ0v) is 38.3. The van der Waals surface area contributed by atoms with E-state index in [2.05, 4.69) is 65.9 Å². The van der Waals surface area contributed by atoms with Crippen molar-refractivity contribution in [1.82, 2.24) is 24.2 Å². The minimum absolute atomic E-state index is 0.0314. The third-order valence-electron chi connectivity index (χ3n) is 11.8. The summed E-state index contributed by atoms with van der Waals surface area (Å²) < 4.78 is 50.7. The maximum Gasteiger partial charge on any atom is 0.259 e. The summed E-state index contributed by atoms with van der Waals surface area (Å²) in [7, 11) is 1.51. The van der Waals surface area contributed by atoms with Crippen LogP contribution in [0.25, 0.3) is 11.2 Å². The lowest BCUT2D eigenvalue weighted by atomic mass is 9.79. The van der Waals surface area contributed by atoms with Gasteiger partial charge in [0.2, 0.25) is 0 Å². The highest BCUT2D eigenvalue weighted by Gasteiger charge is 2.62. The number of anilines is 1. The highest BCUT2D eigenvalue weighted by molar-refractivity contribution is 7.44. The maximum atomic E-state index is 13.3. The van der Waals surface area contributed by atoms with Crippen molar-refractivity contribution >= 4 is 31.4 Å². The Morgan fingerprint density at radius 1 is 0.892 bits per heavy atom. The van der Waals surface area contributed by atoms with Gasteiger partial charge >= 0.3 is 0 Å². The number of carbonyl (C=O) groups is 1. The average molecular weight is 900 g/mol. The Bertz CT molecular complexity index is 2500. The molecule has 2 aliphatic rings. The molecule has 1 N–H and O–H groups in total. The lowest BCUT2D eigenvalue weighted by Crippen LogP contribution is -2.54. The van der Waals surface area contributed by atoms with Crippen LogP contribution in [-0.4, -0.2) is 94.0 Å². The molecule has 0 aliphatic carbocycles. The Balaban J connectivity index is 1.25. The lowest BCUT2D eigenvalue weighted by molar-refractivity contribution is -0.168. The minimum Gasteiger partial charge on any atom is -0.497 e. The zero-order chi connectivity index (χ0) is 45.6.